The number of nitrogens with zero attached hydrogens (tertiary/aromatic N) is 1. The maximum atomic E-state index is 8.65. The van der Waals surface area contributed by atoms with Crippen LogP contribution >= 0.6 is 34.5 Å². The van der Waals surface area contributed by atoms with Gasteiger partial charge in [0, 0.05) is 0 Å². The van der Waals surface area contributed by atoms with Crippen molar-refractivity contribution in [1.29, 1.82) is 5.26 Å². The van der Waals surface area contributed by atoms with Crippen molar-refractivity contribution < 1.29 is 0 Å². The molecule has 11 heavy (non-hydrogen) atoms. The Labute approximate surface area is 83.7 Å². The zero-order chi connectivity index (χ0) is 8.27. The van der Waals surface area contributed by atoms with E-state index in [0.29, 0.717) is 10.6 Å². The first-order valence-corrected chi connectivity index (χ1v) is 4.30. The van der Waals surface area contributed by atoms with Gasteiger partial charge in [-0.15, -0.1) is 0 Å². The fourth-order valence-electron chi connectivity index (χ4n) is 0.717. The van der Waals surface area contributed by atoms with Gasteiger partial charge in [-0.2, -0.15) is 5.26 Å². The maximum Gasteiger partial charge on any atom is 0.103 e. The molecule has 0 saturated carbocycles. The number of halogens is 2. The summed E-state index contributed by atoms with van der Waals surface area (Å²) in [6.45, 7) is 0. The number of nitrogens with one attached hydrogen (secondary N) is 1. The Morgan fingerprint density at radius 1 is 1.55 bits per heavy atom. The molecule has 0 bridgehead atoms. The van der Waals surface area contributed by atoms with E-state index < -0.39 is 0 Å². The largest absolute Gasteiger partial charge is 0.327 e. The molecule has 0 atom stereocenters. The van der Waals surface area contributed by atoms with Crippen LogP contribution in [0.5, 0.6) is 0 Å². The van der Waals surface area contributed by atoms with Crippen LogP contribution in [0.25, 0.3) is 0 Å². The Morgan fingerprint density at radius 3 is 2.73 bits per heavy atom. The van der Waals surface area contributed by atoms with Gasteiger partial charge in [-0.3, -0.25) is 0 Å². The topological polar surface area (TPSA) is 35.8 Å². The van der Waals surface area contributed by atoms with E-state index >= 15 is 0 Å². The van der Waals surface area contributed by atoms with Gasteiger partial charge in [0.25, 0.3) is 0 Å². The van der Waals surface area contributed by atoms with Gasteiger partial charge < -0.3 is 3.53 Å². The summed E-state index contributed by atoms with van der Waals surface area (Å²) >= 11 is 7.70. The van der Waals surface area contributed by atoms with Crippen LogP contribution in [0.15, 0.2) is 18.2 Å². The second-order valence-electron chi connectivity index (χ2n) is 1.87. The Bertz CT molecular complexity index is 306. The molecule has 1 aromatic carbocycles. The molecule has 0 spiro atoms. The fraction of sp³-hybridized carbons (Fsp3) is 0. The molecule has 0 unspecified atom stereocenters. The molecule has 1 rings (SSSR count). The van der Waals surface area contributed by atoms with Crippen LogP contribution in [-0.2, 0) is 0 Å². The quantitative estimate of drug-likeness (QED) is 0.633. The summed E-state index contributed by atoms with van der Waals surface area (Å²) in [4.78, 5) is 0. The smallest absolute Gasteiger partial charge is 0.103 e. The molecule has 4 heteroatoms. The average Bonchev–Trinajstić information content (AvgIpc) is 2.04. The summed E-state index contributed by atoms with van der Waals surface area (Å²) in [6, 6.07) is 7.31. The van der Waals surface area contributed by atoms with E-state index in [1.54, 1.807) is 18.2 Å². The predicted molar refractivity (Wildman–Crippen MR) is 53.8 cm³/mol. The van der Waals surface area contributed by atoms with Crippen LogP contribution in [0, 0.1) is 11.3 Å². The number of benzene rings is 1. The molecule has 0 aliphatic rings. The minimum absolute atomic E-state index is 0.481. The van der Waals surface area contributed by atoms with Gasteiger partial charge in [-0.05, 0) is 12.1 Å². The standard InChI is InChI=1S/C7H4ClIN2/c8-6-2-1-3-7(11-9)5(6)4-10/h1-3,11H. The van der Waals surface area contributed by atoms with Gasteiger partial charge >= 0.3 is 0 Å². The monoisotopic (exact) mass is 278 g/mol. The van der Waals surface area contributed by atoms with E-state index in [-0.39, 0.29) is 0 Å². The summed E-state index contributed by atoms with van der Waals surface area (Å²) in [7, 11) is 0. The first-order chi connectivity index (χ1) is 5.29. The summed E-state index contributed by atoms with van der Waals surface area (Å²) in [5.41, 5.74) is 1.24. The van der Waals surface area contributed by atoms with Gasteiger partial charge in [0.15, 0.2) is 0 Å². The van der Waals surface area contributed by atoms with Crippen LogP contribution in [0.1, 0.15) is 5.56 Å². The average molecular weight is 278 g/mol. The highest BCUT2D eigenvalue weighted by Crippen LogP contribution is 2.23. The van der Waals surface area contributed by atoms with Crippen LogP contribution in [0.2, 0.25) is 5.02 Å². The van der Waals surface area contributed by atoms with Gasteiger partial charge in [0.2, 0.25) is 0 Å². The molecule has 0 amide bonds. The third kappa shape index (κ3) is 1.76. The van der Waals surface area contributed by atoms with E-state index in [1.807, 2.05) is 28.9 Å². The highest BCUT2D eigenvalue weighted by Gasteiger charge is 2.03. The van der Waals surface area contributed by atoms with Crippen LogP contribution in [0.4, 0.5) is 5.69 Å². The third-order valence-corrected chi connectivity index (χ3v) is 2.12. The Hall–Kier alpha value is -0.470. The number of anilines is 1. The van der Waals surface area contributed by atoms with Crippen molar-refractivity contribution in [3.8, 4) is 6.07 Å². The Morgan fingerprint density at radius 2 is 2.27 bits per heavy atom. The lowest BCUT2D eigenvalue weighted by Crippen LogP contribution is -1.85. The highest BCUT2D eigenvalue weighted by atomic mass is 127. The normalized spacial score (nSPS) is 8.82. The van der Waals surface area contributed by atoms with Crippen LogP contribution < -0.4 is 3.53 Å². The van der Waals surface area contributed by atoms with Crippen molar-refractivity contribution >= 4 is 40.2 Å². The van der Waals surface area contributed by atoms with Gasteiger partial charge in [0.05, 0.1) is 39.1 Å². The minimum Gasteiger partial charge on any atom is -0.327 e. The fourth-order valence-corrected chi connectivity index (χ4v) is 1.38. The predicted octanol–water partition coefficient (Wildman–Crippen LogP) is 2.97. The van der Waals surface area contributed by atoms with Crippen molar-refractivity contribution in [3.63, 3.8) is 0 Å². The van der Waals surface area contributed by atoms with Gasteiger partial charge in [-0.1, -0.05) is 17.7 Å². The SMILES string of the molecule is N#Cc1c(Cl)cccc1NI. The van der Waals surface area contributed by atoms with Gasteiger partial charge in [0.1, 0.15) is 6.07 Å². The number of hydrogen-bond donors (Lipinski definition) is 1. The molecule has 0 aliphatic heterocycles. The lowest BCUT2D eigenvalue weighted by atomic mass is 10.2. The molecule has 0 aromatic heterocycles. The van der Waals surface area contributed by atoms with Crippen molar-refractivity contribution in [2.75, 3.05) is 3.53 Å². The highest BCUT2D eigenvalue weighted by molar-refractivity contribution is 14.1. The minimum atomic E-state index is 0.481. The molecule has 1 aromatic rings. The summed E-state index contributed by atoms with van der Waals surface area (Å²) in [5, 5.41) is 9.13. The Balaban J connectivity index is 3.27. The molecule has 2 nitrogen and oxygen atoms in total. The van der Waals surface area contributed by atoms with E-state index in [4.69, 9.17) is 16.9 Å². The van der Waals surface area contributed by atoms with Crippen molar-refractivity contribution in [3.05, 3.63) is 28.8 Å². The molecular weight excluding hydrogens is 274 g/mol. The zero-order valence-corrected chi connectivity index (χ0v) is 8.35. The molecule has 0 fully saturated rings. The molecule has 1 N–H and O–H groups in total. The van der Waals surface area contributed by atoms with Crippen molar-refractivity contribution in [2.24, 2.45) is 0 Å². The first-order valence-electron chi connectivity index (χ1n) is 2.85. The van der Waals surface area contributed by atoms with E-state index in [1.165, 1.54) is 0 Å². The number of rotatable bonds is 1. The van der Waals surface area contributed by atoms with Crippen LogP contribution in [-0.4, -0.2) is 0 Å². The Kier molecular flexibility index (Phi) is 2.97. The van der Waals surface area contributed by atoms with E-state index in [0.717, 1.165) is 5.69 Å². The summed E-state index contributed by atoms with van der Waals surface area (Å²) in [6.07, 6.45) is 0. The van der Waals surface area contributed by atoms with Crippen LogP contribution in [0.3, 0.4) is 0 Å². The maximum absolute atomic E-state index is 8.65. The molecule has 0 heterocycles. The summed E-state index contributed by atoms with van der Waals surface area (Å²) in [5.74, 6) is 0. The molecular formula is C7H4ClIN2. The zero-order valence-electron chi connectivity index (χ0n) is 5.44. The number of nitriles is 1. The third-order valence-electron chi connectivity index (χ3n) is 1.23. The van der Waals surface area contributed by atoms with Crippen molar-refractivity contribution in [2.45, 2.75) is 0 Å². The van der Waals surface area contributed by atoms with Crippen molar-refractivity contribution in [1.82, 2.24) is 0 Å². The molecule has 0 radical (unpaired) electrons. The lowest BCUT2D eigenvalue weighted by molar-refractivity contribution is 1.49. The number of hydrogen-bond acceptors (Lipinski definition) is 2. The molecule has 0 aliphatic carbocycles. The van der Waals surface area contributed by atoms with E-state index in [9.17, 15) is 0 Å². The van der Waals surface area contributed by atoms with E-state index in [2.05, 4.69) is 3.53 Å². The second-order valence-corrected chi connectivity index (χ2v) is 2.82. The molecule has 56 valence electrons. The lowest BCUT2D eigenvalue weighted by Gasteiger charge is -2.00. The molecule has 0 saturated heterocycles. The first kappa shape index (κ1) is 8.62. The second kappa shape index (κ2) is 3.79. The summed E-state index contributed by atoms with van der Waals surface area (Å²) < 4.78 is 2.85. The van der Waals surface area contributed by atoms with Gasteiger partial charge in [-0.25, -0.2) is 0 Å².